The van der Waals surface area contributed by atoms with E-state index in [2.05, 4.69) is 27.0 Å². The number of hydrogen-bond donors (Lipinski definition) is 0. The lowest BCUT2D eigenvalue weighted by Gasteiger charge is -2.31. The van der Waals surface area contributed by atoms with Gasteiger partial charge < -0.3 is 9.47 Å². The summed E-state index contributed by atoms with van der Waals surface area (Å²) in [6, 6.07) is 17.8. The van der Waals surface area contributed by atoms with Crippen molar-refractivity contribution in [2.75, 3.05) is 26.2 Å². The number of ether oxygens (including phenoxy) is 2. The molecule has 1 aliphatic heterocycles. The molecule has 170 valence electrons. The minimum atomic E-state index is 0.615. The molecule has 0 aliphatic carbocycles. The quantitative estimate of drug-likeness (QED) is 0.267. The van der Waals surface area contributed by atoms with Gasteiger partial charge in [-0.05, 0) is 80.5 Å². The van der Waals surface area contributed by atoms with Crippen LogP contribution in [0.15, 0.2) is 71.9 Å². The maximum atomic E-state index is 5.98. The highest BCUT2D eigenvalue weighted by atomic mass is 35.5. The van der Waals surface area contributed by atoms with Crippen molar-refractivity contribution in [1.82, 2.24) is 14.9 Å². The number of hydrogen-bond acceptors (Lipinski definition) is 7. The second-order valence-electron chi connectivity index (χ2n) is 7.86. The topological polar surface area (TPSA) is 47.5 Å². The van der Waals surface area contributed by atoms with Crippen molar-refractivity contribution >= 4 is 44.9 Å². The van der Waals surface area contributed by atoms with E-state index in [1.807, 2.05) is 54.2 Å². The van der Waals surface area contributed by atoms with E-state index in [1.54, 1.807) is 12.4 Å². The lowest BCUT2D eigenvalue weighted by Crippen LogP contribution is -2.37. The molecule has 0 radical (unpaired) electrons. The minimum Gasteiger partial charge on any atom is -0.492 e. The number of aromatic nitrogens is 2. The van der Waals surface area contributed by atoms with Crippen molar-refractivity contribution in [2.24, 2.45) is 0 Å². The zero-order valence-electron chi connectivity index (χ0n) is 18.0. The first-order chi connectivity index (χ1) is 16.2. The Hall–Kier alpha value is -2.32. The Labute approximate surface area is 206 Å². The first-order valence-electron chi connectivity index (χ1n) is 11.0. The first kappa shape index (κ1) is 22.5. The van der Waals surface area contributed by atoms with E-state index in [4.69, 9.17) is 21.1 Å². The number of pyridine rings is 1. The monoisotopic (exact) mass is 497 g/mol. The van der Waals surface area contributed by atoms with Crippen LogP contribution in [-0.4, -0.2) is 46.4 Å². The smallest absolute Gasteiger partial charge is 0.279 e. The molecule has 0 atom stereocenters. The van der Waals surface area contributed by atoms with Crippen molar-refractivity contribution in [2.45, 2.75) is 23.0 Å². The molecule has 5 nitrogen and oxygen atoms in total. The van der Waals surface area contributed by atoms with E-state index in [0.717, 1.165) is 46.4 Å². The number of likely N-dealkylation sites (tertiary alicyclic amines) is 1. The molecule has 8 heteroatoms. The predicted octanol–water partition coefficient (Wildman–Crippen LogP) is 6.77. The third-order valence-electron chi connectivity index (χ3n) is 5.53. The van der Waals surface area contributed by atoms with Gasteiger partial charge >= 0.3 is 0 Å². The molecule has 0 N–H and O–H groups in total. The number of rotatable bonds is 8. The number of thiazole rings is 1. The van der Waals surface area contributed by atoms with Gasteiger partial charge in [0.05, 0.1) is 10.9 Å². The number of thioether (sulfide) groups is 1. The number of nitrogens with zero attached hydrogens (tertiary/aromatic N) is 3. The Morgan fingerprint density at radius 3 is 2.52 bits per heavy atom. The van der Waals surface area contributed by atoms with E-state index in [9.17, 15) is 0 Å². The van der Waals surface area contributed by atoms with Crippen LogP contribution in [-0.2, 0) is 0 Å². The highest BCUT2D eigenvalue weighted by Gasteiger charge is 2.20. The number of piperidine rings is 1. The van der Waals surface area contributed by atoms with Gasteiger partial charge in [0.15, 0.2) is 0 Å². The van der Waals surface area contributed by atoms with Crippen LogP contribution in [0.4, 0.5) is 0 Å². The Balaban J connectivity index is 1.03. The summed E-state index contributed by atoms with van der Waals surface area (Å²) >= 11 is 9.46. The van der Waals surface area contributed by atoms with E-state index >= 15 is 0 Å². The maximum Gasteiger partial charge on any atom is 0.279 e. The molecule has 0 saturated carbocycles. The summed E-state index contributed by atoms with van der Waals surface area (Å²) in [6.07, 6.45) is 5.90. The minimum absolute atomic E-state index is 0.615. The Kier molecular flexibility index (Phi) is 7.31. The molecule has 0 amide bonds. The zero-order valence-corrected chi connectivity index (χ0v) is 20.4. The molecule has 3 heterocycles. The van der Waals surface area contributed by atoms with Crippen LogP contribution in [0, 0.1) is 0 Å². The number of fused-ring (bicyclic) bond motifs is 1. The normalized spacial score (nSPS) is 15.1. The van der Waals surface area contributed by atoms with E-state index in [-0.39, 0.29) is 0 Å². The zero-order chi connectivity index (χ0) is 22.5. The molecule has 2 aromatic carbocycles. The highest BCUT2D eigenvalue weighted by molar-refractivity contribution is 8.00. The van der Waals surface area contributed by atoms with Gasteiger partial charge in [-0.1, -0.05) is 22.9 Å². The second-order valence-corrected chi connectivity index (χ2v) is 10.7. The van der Waals surface area contributed by atoms with Gasteiger partial charge in [-0.2, -0.15) is 0 Å². The van der Waals surface area contributed by atoms with E-state index < -0.39 is 0 Å². The van der Waals surface area contributed by atoms with Crippen LogP contribution in [0.25, 0.3) is 10.2 Å². The molecular weight excluding hydrogens is 474 g/mol. The fourth-order valence-corrected chi connectivity index (χ4v) is 5.81. The van der Waals surface area contributed by atoms with Crippen molar-refractivity contribution < 1.29 is 9.47 Å². The summed E-state index contributed by atoms with van der Waals surface area (Å²) < 4.78 is 12.9. The summed E-state index contributed by atoms with van der Waals surface area (Å²) in [5, 5.41) is 2.08. The molecule has 0 unspecified atom stereocenters. The van der Waals surface area contributed by atoms with Gasteiger partial charge in [-0.25, -0.2) is 4.98 Å². The largest absolute Gasteiger partial charge is 0.492 e. The first-order valence-corrected chi connectivity index (χ1v) is 13.0. The average Bonchev–Trinajstić information content (AvgIpc) is 3.25. The molecule has 5 rings (SSSR count). The fraction of sp³-hybridized carbons (Fsp3) is 0.280. The highest BCUT2D eigenvalue weighted by Crippen LogP contribution is 2.32. The predicted molar refractivity (Wildman–Crippen MR) is 136 cm³/mol. The van der Waals surface area contributed by atoms with Crippen molar-refractivity contribution in [3.63, 3.8) is 0 Å². The van der Waals surface area contributed by atoms with Gasteiger partial charge in [0.2, 0.25) is 0 Å². The summed E-state index contributed by atoms with van der Waals surface area (Å²) in [7, 11) is 0. The number of halogens is 1. The van der Waals surface area contributed by atoms with E-state index in [1.165, 1.54) is 29.1 Å². The van der Waals surface area contributed by atoms with Crippen molar-refractivity contribution in [1.29, 1.82) is 0 Å². The van der Waals surface area contributed by atoms with Gasteiger partial charge in [0.1, 0.15) is 23.6 Å². The van der Waals surface area contributed by atoms with Crippen LogP contribution in [0.2, 0.25) is 5.02 Å². The Morgan fingerprint density at radius 2 is 1.76 bits per heavy atom. The lowest BCUT2D eigenvalue weighted by atomic mass is 10.1. The van der Waals surface area contributed by atoms with Crippen molar-refractivity contribution in [3.05, 3.63) is 72.0 Å². The summed E-state index contributed by atoms with van der Waals surface area (Å²) in [4.78, 5) is 12.3. The SMILES string of the molecule is Clc1ccc(SC2CCN(CCOc3ccc(Oc4nc5cnccc5s4)cc3)CC2)cc1. The lowest BCUT2D eigenvalue weighted by molar-refractivity contribution is 0.185. The molecule has 1 aliphatic rings. The summed E-state index contributed by atoms with van der Waals surface area (Å²) in [5.41, 5.74) is 0.852. The maximum absolute atomic E-state index is 5.98. The van der Waals surface area contributed by atoms with Crippen LogP contribution in [0.3, 0.4) is 0 Å². The van der Waals surface area contributed by atoms with Gasteiger partial charge in [0.25, 0.3) is 5.19 Å². The van der Waals surface area contributed by atoms with Crippen LogP contribution in [0.5, 0.6) is 16.7 Å². The molecule has 33 heavy (non-hydrogen) atoms. The summed E-state index contributed by atoms with van der Waals surface area (Å²) in [5.74, 6) is 1.60. The molecule has 0 bridgehead atoms. The van der Waals surface area contributed by atoms with Crippen LogP contribution in [0.1, 0.15) is 12.8 Å². The average molecular weight is 498 g/mol. The third kappa shape index (κ3) is 6.18. The van der Waals surface area contributed by atoms with Gasteiger partial charge in [-0.3, -0.25) is 9.88 Å². The summed E-state index contributed by atoms with van der Waals surface area (Å²) in [6.45, 7) is 3.84. The molecule has 1 fully saturated rings. The molecule has 4 aromatic rings. The number of benzene rings is 2. The van der Waals surface area contributed by atoms with E-state index in [0.29, 0.717) is 17.1 Å². The van der Waals surface area contributed by atoms with Crippen molar-refractivity contribution in [3.8, 4) is 16.7 Å². The molecule has 2 aromatic heterocycles. The molecule has 0 spiro atoms. The Bertz CT molecular complexity index is 1140. The van der Waals surface area contributed by atoms with Gasteiger partial charge in [0, 0.05) is 27.9 Å². The Morgan fingerprint density at radius 1 is 1.00 bits per heavy atom. The second kappa shape index (κ2) is 10.7. The van der Waals surface area contributed by atoms with Crippen LogP contribution < -0.4 is 9.47 Å². The molecule has 1 saturated heterocycles. The molecular formula is C25H24ClN3O2S2. The van der Waals surface area contributed by atoms with Crippen LogP contribution >= 0.6 is 34.7 Å². The van der Waals surface area contributed by atoms with Gasteiger partial charge in [-0.15, -0.1) is 11.8 Å². The third-order valence-corrected chi connectivity index (χ3v) is 8.04. The fourth-order valence-electron chi connectivity index (χ4n) is 3.76. The standard InChI is InChI=1S/C25H24ClN3O2S2/c26-18-1-7-21(8-2-18)32-22-10-13-29(14-11-22)15-16-30-19-3-5-20(6-4-19)31-25-28-23-17-27-12-9-24(23)33-25/h1-9,12,17,22H,10-11,13-16H2.